The quantitative estimate of drug-likeness (QED) is 0.385. The fourth-order valence-electron chi connectivity index (χ4n) is 4.71. The summed E-state index contributed by atoms with van der Waals surface area (Å²) in [4.78, 5) is 25.3. The van der Waals surface area contributed by atoms with Gasteiger partial charge >= 0.3 is 6.18 Å². The van der Waals surface area contributed by atoms with Gasteiger partial charge in [0.15, 0.2) is 5.11 Å². The van der Waals surface area contributed by atoms with Gasteiger partial charge in [0.2, 0.25) is 0 Å². The fraction of sp³-hybridized carbons (Fsp3) is 0.320. The normalized spacial score (nSPS) is 16.9. The third-order valence-corrected chi connectivity index (χ3v) is 7.86. The predicted molar refractivity (Wildman–Crippen MR) is 134 cm³/mol. The van der Waals surface area contributed by atoms with E-state index in [0.717, 1.165) is 53.4 Å². The van der Waals surface area contributed by atoms with Gasteiger partial charge in [0.25, 0.3) is 5.91 Å². The van der Waals surface area contributed by atoms with Crippen LogP contribution in [0.4, 0.5) is 24.5 Å². The molecule has 1 spiro atoms. The Bertz CT molecular complexity index is 1350. The number of anilines is 2. The first-order valence-corrected chi connectivity index (χ1v) is 12.7. The molecule has 1 aromatic carbocycles. The lowest BCUT2D eigenvalue weighted by molar-refractivity contribution is -0.137. The zero-order valence-corrected chi connectivity index (χ0v) is 20.6. The van der Waals surface area contributed by atoms with E-state index in [1.807, 2.05) is 17.5 Å². The number of alkyl halides is 3. The summed E-state index contributed by atoms with van der Waals surface area (Å²) in [6, 6.07) is 8.54. The van der Waals surface area contributed by atoms with Crippen molar-refractivity contribution in [1.29, 1.82) is 5.26 Å². The van der Waals surface area contributed by atoms with Gasteiger partial charge in [-0.3, -0.25) is 14.7 Å². The molecule has 36 heavy (non-hydrogen) atoms. The number of amides is 1. The lowest BCUT2D eigenvalue weighted by Gasteiger charge is -2.42. The minimum absolute atomic E-state index is 0.00290. The molecule has 2 aromatic heterocycles. The lowest BCUT2D eigenvalue weighted by Crippen LogP contribution is -2.55. The first-order valence-electron chi connectivity index (χ1n) is 11.4. The van der Waals surface area contributed by atoms with Gasteiger partial charge in [0, 0.05) is 17.3 Å². The number of halogens is 3. The van der Waals surface area contributed by atoms with Crippen LogP contribution in [-0.4, -0.2) is 26.5 Å². The smallest absolute Gasteiger partial charge is 0.301 e. The Hall–Kier alpha value is -3.36. The highest BCUT2D eigenvalue weighted by molar-refractivity contribution is 7.81. The summed E-state index contributed by atoms with van der Waals surface area (Å²) in [6.45, 7) is 0. The van der Waals surface area contributed by atoms with Crippen LogP contribution < -0.4 is 9.80 Å². The number of thiazole rings is 1. The van der Waals surface area contributed by atoms with Gasteiger partial charge in [-0.15, -0.1) is 11.3 Å². The van der Waals surface area contributed by atoms with Crippen molar-refractivity contribution in [2.75, 3.05) is 9.80 Å². The van der Waals surface area contributed by atoms with Crippen LogP contribution in [0.25, 0.3) is 0 Å². The van der Waals surface area contributed by atoms with Gasteiger partial charge in [0.05, 0.1) is 39.8 Å². The second-order valence-electron chi connectivity index (χ2n) is 8.77. The number of nitriles is 1. The van der Waals surface area contributed by atoms with Crippen LogP contribution in [0.3, 0.4) is 0 Å². The van der Waals surface area contributed by atoms with Crippen molar-refractivity contribution in [2.24, 2.45) is 0 Å². The van der Waals surface area contributed by atoms with E-state index < -0.39 is 22.8 Å². The first-order chi connectivity index (χ1) is 17.2. The zero-order valence-electron chi connectivity index (χ0n) is 19.0. The number of nitrogens with zero attached hydrogens (tertiary/aromatic N) is 5. The van der Waals surface area contributed by atoms with Crippen molar-refractivity contribution in [3.63, 3.8) is 0 Å². The van der Waals surface area contributed by atoms with Crippen LogP contribution in [0.15, 0.2) is 48.1 Å². The molecule has 1 aliphatic carbocycles. The largest absolute Gasteiger partial charge is 0.417 e. The monoisotopic (exact) mass is 527 g/mol. The molecule has 2 aliphatic rings. The molecule has 2 fully saturated rings. The summed E-state index contributed by atoms with van der Waals surface area (Å²) >= 11 is 7.27. The molecule has 184 valence electrons. The van der Waals surface area contributed by atoms with E-state index >= 15 is 0 Å². The number of carbonyl (C=O) groups excluding carboxylic acids is 1. The van der Waals surface area contributed by atoms with E-state index in [9.17, 15) is 18.0 Å². The number of aryl methyl sites for hydroxylation is 2. The molecule has 1 saturated heterocycles. The van der Waals surface area contributed by atoms with Crippen LogP contribution in [0.1, 0.15) is 47.5 Å². The number of hydrogen-bond donors (Lipinski definition) is 0. The van der Waals surface area contributed by atoms with E-state index in [0.29, 0.717) is 18.5 Å². The molecular formula is C25H20F3N5OS2. The number of carbonyl (C=O) groups is 1. The SMILES string of the molecule is N#Cc1ccc(N2C(=O)C3(CCC3)N(c3ccc(CCCc4nccs4)nc3)C2=S)cc1C(F)(F)F. The Kier molecular flexibility index (Phi) is 6.26. The first kappa shape index (κ1) is 24.3. The third-order valence-electron chi connectivity index (χ3n) is 6.65. The zero-order chi connectivity index (χ0) is 25.5. The number of aromatic nitrogens is 2. The van der Waals surface area contributed by atoms with Crippen LogP contribution in [0.2, 0.25) is 0 Å². The molecule has 0 N–H and O–H groups in total. The predicted octanol–water partition coefficient (Wildman–Crippen LogP) is 5.66. The Morgan fingerprint density at radius 1 is 1.14 bits per heavy atom. The molecule has 1 aliphatic heterocycles. The standard InChI is InChI=1S/C25H20F3N5OS2/c26-25(27,28)20-13-18(7-5-16(20)14-29)32-22(34)24(9-2-10-24)33(23(32)35)19-8-6-17(31-15-19)3-1-4-21-30-11-12-36-21/h5-8,11-13,15H,1-4,9-10H2. The van der Waals surface area contributed by atoms with Gasteiger partial charge in [-0.2, -0.15) is 18.4 Å². The summed E-state index contributed by atoms with van der Waals surface area (Å²) in [5.41, 5.74) is -1.01. The van der Waals surface area contributed by atoms with E-state index in [-0.39, 0.29) is 16.7 Å². The second kappa shape index (κ2) is 9.26. The average molecular weight is 528 g/mol. The fourth-order valence-corrected chi connectivity index (χ4v) is 5.84. The summed E-state index contributed by atoms with van der Waals surface area (Å²) in [5.74, 6) is -0.357. The van der Waals surface area contributed by atoms with Gasteiger partial charge in [-0.05, 0) is 81.1 Å². The van der Waals surface area contributed by atoms with E-state index in [4.69, 9.17) is 17.5 Å². The molecule has 6 nitrogen and oxygen atoms in total. The van der Waals surface area contributed by atoms with Crippen molar-refractivity contribution < 1.29 is 18.0 Å². The lowest BCUT2D eigenvalue weighted by atomic mass is 9.75. The summed E-state index contributed by atoms with van der Waals surface area (Å²) in [5, 5.41) is 12.2. The minimum atomic E-state index is -4.74. The molecule has 3 aromatic rings. The molecule has 0 radical (unpaired) electrons. The van der Waals surface area contributed by atoms with Gasteiger partial charge in [-0.25, -0.2) is 4.98 Å². The number of hydrogen-bond acceptors (Lipinski definition) is 6. The molecule has 11 heteroatoms. The minimum Gasteiger partial charge on any atom is -0.301 e. The maximum Gasteiger partial charge on any atom is 0.417 e. The van der Waals surface area contributed by atoms with Crippen LogP contribution >= 0.6 is 23.6 Å². The summed E-state index contributed by atoms with van der Waals surface area (Å²) in [6.07, 6.45) is 3.15. The van der Waals surface area contributed by atoms with Gasteiger partial charge in [0.1, 0.15) is 5.54 Å². The molecule has 3 heterocycles. The summed E-state index contributed by atoms with van der Waals surface area (Å²) < 4.78 is 40.7. The van der Waals surface area contributed by atoms with Crippen molar-refractivity contribution in [2.45, 2.75) is 50.2 Å². The maximum absolute atomic E-state index is 13.6. The van der Waals surface area contributed by atoms with E-state index in [1.165, 1.54) is 6.07 Å². The highest BCUT2D eigenvalue weighted by atomic mass is 32.1. The van der Waals surface area contributed by atoms with Crippen molar-refractivity contribution in [3.8, 4) is 6.07 Å². The Morgan fingerprint density at radius 3 is 2.50 bits per heavy atom. The topological polar surface area (TPSA) is 73.1 Å². The number of benzene rings is 1. The van der Waals surface area contributed by atoms with Crippen LogP contribution in [0, 0.1) is 11.3 Å². The third kappa shape index (κ3) is 4.14. The van der Waals surface area contributed by atoms with Gasteiger partial charge in [-0.1, -0.05) is 0 Å². The van der Waals surface area contributed by atoms with Gasteiger partial charge < -0.3 is 4.90 Å². The Balaban J connectivity index is 1.41. The molecular weight excluding hydrogens is 507 g/mol. The molecule has 1 saturated carbocycles. The molecule has 0 atom stereocenters. The Morgan fingerprint density at radius 2 is 1.92 bits per heavy atom. The molecule has 0 bridgehead atoms. The van der Waals surface area contributed by atoms with Crippen molar-refractivity contribution in [1.82, 2.24) is 9.97 Å². The number of rotatable bonds is 6. The average Bonchev–Trinajstić information content (AvgIpc) is 3.42. The van der Waals surface area contributed by atoms with Crippen molar-refractivity contribution in [3.05, 3.63) is 69.9 Å². The number of pyridine rings is 1. The number of thiocarbonyl (C=S) groups is 1. The molecule has 1 amide bonds. The van der Waals surface area contributed by atoms with Crippen LogP contribution in [0.5, 0.6) is 0 Å². The Labute approximate surface area is 215 Å². The highest BCUT2D eigenvalue weighted by Gasteiger charge is 2.59. The van der Waals surface area contributed by atoms with Crippen molar-refractivity contribution >= 4 is 45.9 Å². The van der Waals surface area contributed by atoms with E-state index in [2.05, 4.69) is 9.97 Å². The second-order valence-corrected chi connectivity index (χ2v) is 10.1. The van der Waals surface area contributed by atoms with Crippen LogP contribution in [-0.2, 0) is 23.8 Å². The maximum atomic E-state index is 13.6. The highest BCUT2D eigenvalue weighted by Crippen LogP contribution is 2.48. The molecule has 5 rings (SSSR count). The van der Waals surface area contributed by atoms with E-state index in [1.54, 1.807) is 34.7 Å². The molecule has 0 unspecified atom stereocenters. The summed E-state index contributed by atoms with van der Waals surface area (Å²) in [7, 11) is 0.